The predicted octanol–water partition coefficient (Wildman–Crippen LogP) is 4.51. The van der Waals surface area contributed by atoms with Crippen LogP contribution in [0.4, 0.5) is 11.4 Å². The van der Waals surface area contributed by atoms with Crippen LogP contribution in [-0.4, -0.2) is 42.2 Å². The van der Waals surface area contributed by atoms with Crippen LogP contribution in [0.5, 0.6) is 0 Å². The Labute approximate surface area is 194 Å². The summed E-state index contributed by atoms with van der Waals surface area (Å²) in [6, 6.07) is 12.5. The Morgan fingerprint density at radius 3 is 2.47 bits per heavy atom. The number of nitriles is 1. The Morgan fingerprint density at radius 1 is 1.25 bits per heavy atom. The summed E-state index contributed by atoms with van der Waals surface area (Å²) in [6.07, 6.45) is 7.32. The van der Waals surface area contributed by atoms with E-state index >= 15 is 0 Å². The highest BCUT2D eigenvalue weighted by molar-refractivity contribution is 7.80. The molecule has 1 saturated heterocycles. The monoisotopic (exact) mass is 448 g/mol. The number of nitrogens with zero attached hydrogens (tertiary/aromatic N) is 4. The van der Waals surface area contributed by atoms with E-state index in [1.807, 2.05) is 29.8 Å². The number of rotatable bonds is 5. The molecule has 2 heterocycles. The van der Waals surface area contributed by atoms with Gasteiger partial charge in [-0.15, -0.1) is 0 Å². The van der Waals surface area contributed by atoms with Gasteiger partial charge in [-0.05, 0) is 86.5 Å². The lowest BCUT2D eigenvalue weighted by Gasteiger charge is -2.49. The Bertz CT molecular complexity index is 1040. The minimum Gasteiger partial charge on any atom is -0.381 e. The van der Waals surface area contributed by atoms with Crippen LogP contribution >= 0.6 is 12.2 Å². The van der Waals surface area contributed by atoms with Crippen molar-refractivity contribution in [2.24, 2.45) is 0 Å². The molecule has 1 aromatic carbocycles. The van der Waals surface area contributed by atoms with Crippen molar-refractivity contribution in [2.45, 2.75) is 50.5 Å². The molecule has 0 radical (unpaired) electrons. The van der Waals surface area contributed by atoms with Crippen molar-refractivity contribution < 1.29 is 9.53 Å². The van der Waals surface area contributed by atoms with E-state index in [0.29, 0.717) is 16.7 Å². The molecule has 0 spiro atoms. The molecule has 1 aromatic heterocycles. The molecule has 2 aromatic rings. The summed E-state index contributed by atoms with van der Waals surface area (Å²) in [5.41, 5.74) is 3.58. The largest absolute Gasteiger partial charge is 0.381 e. The van der Waals surface area contributed by atoms with Crippen molar-refractivity contribution in [2.75, 3.05) is 30.1 Å². The van der Waals surface area contributed by atoms with Gasteiger partial charge in [-0.1, -0.05) is 12.1 Å². The number of ether oxygens (including phenoxy) is 1. The number of aromatic nitrogens is 1. The minimum absolute atomic E-state index is 0.400. The van der Waals surface area contributed by atoms with E-state index in [-0.39, 0.29) is 0 Å². The zero-order chi connectivity index (χ0) is 22.7. The van der Waals surface area contributed by atoms with Crippen LogP contribution in [-0.2, 0) is 9.53 Å². The van der Waals surface area contributed by atoms with E-state index in [0.717, 1.165) is 68.5 Å². The molecule has 1 aliphatic heterocycles. The van der Waals surface area contributed by atoms with Crippen LogP contribution in [0.1, 0.15) is 54.8 Å². The molecule has 0 N–H and O–H groups in total. The van der Waals surface area contributed by atoms with Crippen molar-refractivity contribution >= 4 is 35.0 Å². The first kappa shape index (κ1) is 22.4. The van der Waals surface area contributed by atoms with Crippen LogP contribution in [0, 0.1) is 18.3 Å². The molecule has 0 unspecified atom stereocenters. The number of hydrogen-bond donors (Lipinski definition) is 0. The standard InChI is InChI=1S/C25H28N4O2S/c1-18-14-22(16-27-23(18)15-26)28(2)24(32)29(25(17-30)10-3-11-25)21-6-4-19(5-7-21)20-8-12-31-13-9-20/h4-7,14,16-17,20H,3,8-13H2,1-2H3. The van der Waals surface area contributed by atoms with Crippen LogP contribution in [0.2, 0.25) is 0 Å². The van der Waals surface area contributed by atoms with Gasteiger partial charge in [0.15, 0.2) is 5.11 Å². The zero-order valence-electron chi connectivity index (χ0n) is 18.6. The molecule has 0 atom stereocenters. The molecular formula is C25H28N4O2S. The lowest BCUT2D eigenvalue weighted by atomic mass is 9.76. The Morgan fingerprint density at radius 2 is 1.94 bits per heavy atom. The third-order valence-corrected chi connectivity index (χ3v) is 7.22. The number of carbonyl (C=O) groups excluding carboxylic acids is 1. The Kier molecular flexibility index (Phi) is 6.54. The highest BCUT2D eigenvalue weighted by atomic mass is 32.1. The number of aldehydes is 1. The van der Waals surface area contributed by atoms with E-state index in [4.69, 9.17) is 17.0 Å². The van der Waals surface area contributed by atoms with Gasteiger partial charge >= 0.3 is 0 Å². The lowest BCUT2D eigenvalue weighted by Crippen LogP contribution is -2.60. The fraction of sp³-hybridized carbons (Fsp3) is 0.440. The second-order valence-electron chi connectivity index (χ2n) is 8.70. The number of benzene rings is 1. The highest BCUT2D eigenvalue weighted by Crippen LogP contribution is 2.41. The summed E-state index contributed by atoms with van der Waals surface area (Å²) in [4.78, 5) is 20.4. The molecule has 1 saturated carbocycles. The van der Waals surface area contributed by atoms with Crippen molar-refractivity contribution in [1.29, 1.82) is 5.26 Å². The van der Waals surface area contributed by atoms with Crippen molar-refractivity contribution in [3.05, 3.63) is 53.3 Å². The first-order valence-corrected chi connectivity index (χ1v) is 11.5. The number of aryl methyl sites for hydroxylation is 1. The molecule has 4 rings (SSSR count). The second kappa shape index (κ2) is 9.35. The number of anilines is 2. The number of carbonyl (C=O) groups is 1. The van der Waals surface area contributed by atoms with Crippen molar-refractivity contribution in [3.63, 3.8) is 0 Å². The van der Waals surface area contributed by atoms with Gasteiger partial charge in [-0.3, -0.25) is 0 Å². The van der Waals surface area contributed by atoms with Gasteiger partial charge in [0.25, 0.3) is 0 Å². The lowest BCUT2D eigenvalue weighted by molar-refractivity contribution is -0.114. The summed E-state index contributed by atoms with van der Waals surface area (Å²) >= 11 is 5.92. The fourth-order valence-corrected chi connectivity index (χ4v) is 4.93. The van der Waals surface area contributed by atoms with Gasteiger partial charge in [0, 0.05) is 25.9 Å². The summed E-state index contributed by atoms with van der Waals surface area (Å²) < 4.78 is 5.49. The van der Waals surface area contributed by atoms with E-state index in [9.17, 15) is 10.1 Å². The van der Waals surface area contributed by atoms with Gasteiger partial charge < -0.3 is 19.3 Å². The molecular weight excluding hydrogens is 420 g/mol. The first-order chi connectivity index (χ1) is 15.5. The van der Waals surface area contributed by atoms with Crippen molar-refractivity contribution in [1.82, 2.24) is 4.98 Å². The molecule has 1 aliphatic carbocycles. The van der Waals surface area contributed by atoms with Gasteiger partial charge in [0.2, 0.25) is 0 Å². The van der Waals surface area contributed by atoms with Crippen LogP contribution in [0.25, 0.3) is 0 Å². The fourth-order valence-electron chi connectivity index (χ4n) is 4.54. The molecule has 6 nitrogen and oxygen atoms in total. The highest BCUT2D eigenvalue weighted by Gasteiger charge is 2.45. The summed E-state index contributed by atoms with van der Waals surface area (Å²) in [5, 5.41) is 9.73. The SMILES string of the molecule is Cc1cc(N(C)C(=S)N(c2ccc(C3CCOCC3)cc2)C2(C=O)CCC2)cnc1C#N. The second-order valence-corrected chi connectivity index (χ2v) is 9.07. The number of pyridine rings is 1. The van der Waals surface area contributed by atoms with Crippen LogP contribution < -0.4 is 9.80 Å². The molecule has 32 heavy (non-hydrogen) atoms. The summed E-state index contributed by atoms with van der Waals surface area (Å²) in [6.45, 7) is 3.47. The minimum atomic E-state index is -0.624. The van der Waals surface area contributed by atoms with E-state index < -0.39 is 5.54 Å². The van der Waals surface area contributed by atoms with E-state index in [2.05, 4.69) is 35.3 Å². The third-order valence-electron chi connectivity index (χ3n) is 6.76. The number of thiocarbonyl (C=S) groups is 1. The topological polar surface area (TPSA) is 69.5 Å². The molecule has 0 bridgehead atoms. The smallest absolute Gasteiger partial charge is 0.181 e. The average molecular weight is 449 g/mol. The maximum absolute atomic E-state index is 12.3. The van der Waals surface area contributed by atoms with Gasteiger partial charge in [-0.25, -0.2) is 4.98 Å². The van der Waals surface area contributed by atoms with Crippen LogP contribution in [0.3, 0.4) is 0 Å². The Balaban J connectivity index is 1.65. The van der Waals surface area contributed by atoms with Gasteiger partial charge in [0.1, 0.15) is 23.6 Å². The summed E-state index contributed by atoms with van der Waals surface area (Å²) in [5.74, 6) is 0.511. The number of hydrogen-bond acceptors (Lipinski definition) is 5. The maximum Gasteiger partial charge on any atom is 0.181 e. The van der Waals surface area contributed by atoms with Crippen molar-refractivity contribution in [3.8, 4) is 6.07 Å². The van der Waals surface area contributed by atoms with Gasteiger partial charge in [-0.2, -0.15) is 5.26 Å². The molecule has 166 valence electrons. The molecule has 7 heteroatoms. The van der Waals surface area contributed by atoms with Crippen LogP contribution in [0.15, 0.2) is 36.5 Å². The normalized spacial score (nSPS) is 17.7. The first-order valence-electron chi connectivity index (χ1n) is 11.1. The quantitative estimate of drug-likeness (QED) is 0.492. The third kappa shape index (κ3) is 4.13. The molecule has 0 amide bonds. The summed E-state index contributed by atoms with van der Waals surface area (Å²) in [7, 11) is 1.88. The predicted molar refractivity (Wildman–Crippen MR) is 129 cm³/mol. The van der Waals surface area contributed by atoms with E-state index in [1.54, 1.807) is 6.20 Å². The maximum atomic E-state index is 12.3. The van der Waals surface area contributed by atoms with Gasteiger partial charge in [0.05, 0.1) is 11.9 Å². The Hall–Kier alpha value is -2.82. The van der Waals surface area contributed by atoms with E-state index in [1.165, 1.54) is 5.56 Å². The molecule has 2 fully saturated rings. The molecule has 2 aliphatic rings. The zero-order valence-corrected chi connectivity index (χ0v) is 19.4. The average Bonchev–Trinajstić information content (AvgIpc) is 2.81.